The van der Waals surface area contributed by atoms with E-state index in [0.29, 0.717) is 37.0 Å². The number of esters is 1. The number of ether oxygens (including phenoxy) is 1. The third kappa shape index (κ3) is 2.99. The van der Waals surface area contributed by atoms with Crippen LogP contribution in [0, 0.1) is 17.8 Å². The number of carbonyl (C=O) groups is 1. The molecule has 0 heterocycles. The second kappa shape index (κ2) is 5.37. The highest BCUT2D eigenvalue weighted by molar-refractivity contribution is 7.86. The van der Waals surface area contributed by atoms with Gasteiger partial charge in [-0.05, 0) is 62.7 Å². The largest absolute Gasteiger partial charge is 0.455 e. The van der Waals surface area contributed by atoms with Gasteiger partial charge < -0.3 is 4.74 Å². The Balaban J connectivity index is 1.78. The molecule has 132 valence electrons. The van der Waals surface area contributed by atoms with Crippen LogP contribution in [0.2, 0.25) is 0 Å². The summed E-state index contributed by atoms with van der Waals surface area (Å²) in [6, 6.07) is 0. The highest BCUT2D eigenvalue weighted by atomic mass is 32.2. The lowest BCUT2D eigenvalue weighted by atomic mass is 9.54. The summed E-state index contributed by atoms with van der Waals surface area (Å²) in [5, 5.41) is -2.46. The first-order valence-electron chi connectivity index (χ1n) is 8.13. The molecule has 4 saturated carbocycles. The Labute approximate surface area is 134 Å². The molecule has 23 heavy (non-hydrogen) atoms. The van der Waals surface area contributed by atoms with E-state index in [1.165, 1.54) is 6.92 Å². The van der Waals surface area contributed by atoms with E-state index in [0.717, 1.165) is 19.3 Å². The van der Waals surface area contributed by atoms with Gasteiger partial charge in [0.05, 0.1) is 0 Å². The van der Waals surface area contributed by atoms with Crippen LogP contribution < -0.4 is 0 Å². The van der Waals surface area contributed by atoms with Gasteiger partial charge in [0.15, 0.2) is 5.25 Å². The number of rotatable bonds is 5. The van der Waals surface area contributed by atoms with Crippen molar-refractivity contribution in [3.8, 4) is 0 Å². The Hall–Kier alpha value is -0.760. The van der Waals surface area contributed by atoms with E-state index >= 15 is 0 Å². The molecule has 0 amide bonds. The van der Waals surface area contributed by atoms with Gasteiger partial charge in [-0.15, -0.1) is 0 Å². The van der Waals surface area contributed by atoms with Gasteiger partial charge in [-0.3, -0.25) is 4.55 Å². The second-order valence-corrected chi connectivity index (χ2v) is 9.12. The minimum atomic E-state index is -5.03. The molecule has 0 aromatic heterocycles. The fourth-order valence-corrected chi connectivity index (χ4v) is 6.10. The van der Waals surface area contributed by atoms with E-state index in [1.54, 1.807) is 0 Å². The van der Waals surface area contributed by atoms with Crippen molar-refractivity contribution in [2.75, 3.05) is 0 Å². The maximum atomic E-state index is 14.2. The predicted molar refractivity (Wildman–Crippen MR) is 77.6 cm³/mol. The first-order valence-corrected chi connectivity index (χ1v) is 9.63. The third-order valence-electron chi connectivity index (χ3n) is 5.70. The van der Waals surface area contributed by atoms with Crippen molar-refractivity contribution < 1.29 is 31.3 Å². The summed E-state index contributed by atoms with van der Waals surface area (Å²) in [5.74, 6) is -4.83. The van der Waals surface area contributed by atoms with Crippen molar-refractivity contribution >= 4 is 16.1 Å². The molecule has 0 radical (unpaired) electrons. The lowest BCUT2D eigenvalue weighted by Gasteiger charge is -2.55. The summed E-state index contributed by atoms with van der Waals surface area (Å²) in [7, 11) is -5.03. The molecule has 4 aliphatic rings. The lowest BCUT2D eigenvalue weighted by molar-refractivity contribution is -0.210. The van der Waals surface area contributed by atoms with Crippen molar-refractivity contribution in [3.05, 3.63) is 0 Å². The van der Waals surface area contributed by atoms with Crippen molar-refractivity contribution in [1.29, 1.82) is 0 Å². The van der Waals surface area contributed by atoms with Crippen LogP contribution in [-0.2, 0) is 19.6 Å². The van der Waals surface area contributed by atoms with Gasteiger partial charge in [-0.1, -0.05) is 6.92 Å². The van der Waals surface area contributed by atoms with E-state index in [4.69, 9.17) is 9.29 Å². The molecule has 1 N–H and O–H groups in total. The fourth-order valence-electron chi connectivity index (χ4n) is 5.21. The fraction of sp³-hybridized carbons (Fsp3) is 0.933. The molecule has 0 aliphatic heterocycles. The molecule has 4 aliphatic carbocycles. The van der Waals surface area contributed by atoms with Gasteiger partial charge in [0.1, 0.15) is 5.60 Å². The highest BCUT2D eigenvalue weighted by Gasteiger charge is 2.59. The van der Waals surface area contributed by atoms with Crippen molar-refractivity contribution in [2.45, 2.75) is 68.6 Å². The quantitative estimate of drug-likeness (QED) is 0.608. The normalized spacial score (nSPS) is 37.7. The summed E-state index contributed by atoms with van der Waals surface area (Å²) in [5.41, 5.74) is -0.868. The van der Waals surface area contributed by atoms with E-state index in [9.17, 15) is 22.0 Å². The number of alkyl halides is 2. The van der Waals surface area contributed by atoms with Gasteiger partial charge in [0.2, 0.25) is 0 Å². The Morgan fingerprint density at radius 1 is 1.22 bits per heavy atom. The molecular weight excluding hydrogens is 330 g/mol. The Bertz CT molecular complexity index is 566. The van der Waals surface area contributed by atoms with Crippen LogP contribution in [0.25, 0.3) is 0 Å². The summed E-state index contributed by atoms with van der Waals surface area (Å²) >= 11 is 0. The van der Waals surface area contributed by atoms with Crippen molar-refractivity contribution in [3.63, 3.8) is 0 Å². The zero-order valence-corrected chi connectivity index (χ0v) is 13.8. The smallest absolute Gasteiger partial charge is 0.379 e. The molecule has 4 fully saturated rings. The molecule has 8 heteroatoms. The van der Waals surface area contributed by atoms with Crippen LogP contribution in [0.4, 0.5) is 8.78 Å². The zero-order chi connectivity index (χ0) is 17.0. The van der Waals surface area contributed by atoms with Crippen LogP contribution in [0.1, 0.15) is 51.9 Å². The maximum Gasteiger partial charge on any atom is 0.379 e. The molecule has 1 atom stereocenters. The van der Waals surface area contributed by atoms with Gasteiger partial charge in [-0.2, -0.15) is 17.2 Å². The topological polar surface area (TPSA) is 80.7 Å². The molecule has 4 bridgehead atoms. The second-order valence-electron chi connectivity index (χ2n) is 7.52. The summed E-state index contributed by atoms with van der Waals surface area (Å²) in [6.07, 6.45) is 4.39. The van der Waals surface area contributed by atoms with Crippen molar-refractivity contribution in [2.24, 2.45) is 17.8 Å². The Morgan fingerprint density at radius 2 is 1.65 bits per heavy atom. The van der Waals surface area contributed by atoms with Crippen LogP contribution in [0.3, 0.4) is 0 Å². The van der Waals surface area contributed by atoms with Gasteiger partial charge in [0, 0.05) is 0 Å². The van der Waals surface area contributed by atoms with E-state index in [1.807, 2.05) is 0 Å². The van der Waals surface area contributed by atoms with Crippen LogP contribution >= 0.6 is 0 Å². The number of carbonyl (C=O) groups excluding carboxylic acids is 1. The average Bonchev–Trinajstić information content (AvgIpc) is 2.34. The van der Waals surface area contributed by atoms with Gasteiger partial charge in [0.25, 0.3) is 10.1 Å². The van der Waals surface area contributed by atoms with Crippen LogP contribution in [0.15, 0.2) is 0 Å². The Kier molecular flexibility index (Phi) is 3.99. The highest BCUT2D eigenvalue weighted by Crippen LogP contribution is 2.57. The molecule has 5 nitrogen and oxygen atoms in total. The maximum absolute atomic E-state index is 14.2. The first kappa shape index (κ1) is 17.1. The average molecular weight is 352 g/mol. The van der Waals surface area contributed by atoms with E-state index < -0.39 is 39.3 Å². The number of hydrogen-bond donors (Lipinski definition) is 1. The van der Waals surface area contributed by atoms with Gasteiger partial charge in [-0.25, -0.2) is 4.79 Å². The van der Waals surface area contributed by atoms with E-state index in [2.05, 4.69) is 0 Å². The zero-order valence-electron chi connectivity index (χ0n) is 13.0. The number of halogens is 2. The molecular formula is C15H22F2O5S. The lowest BCUT2D eigenvalue weighted by Crippen LogP contribution is -2.56. The minimum absolute atomic E-state index is 0.409. The monoisotopic (exact) mass is 352 g/mol. The third-order valence-corrected chi connectivity index (χ3v) is 7.05. The standard InChI is InChI=1S/C15H22F2O5S/c1-2-12(23(19,20)21)15(16,17)13(18)22-14-6-9-3-10(7-14)5-11(4-9)8-14/h9-12H,2-8H2,1H3,(H,19,20,21). The SMILES string of the molecule is CCC(C(F)(F)C(=O)OC12CC3CC(CC(C3)C1)C2)S(=O)(=O)O. The molecule has 4 rings (SSSR count). The Morgan fingerprint density at radius 3 is 2.00 bits per heavy atom. The summed E-state index contributed by atoms with van der Waals surface area (Å²) in [4.78, 5) is 12.0. The molecule has 0 aromatic rings. The number of hydrogen-bond acceptors (Lipinski definition) is 4. The predicted octanol–water partition coefficient (Wildman–Crippen LogP) is 2.80. The van der Waals surface area contributed by atoms with Crippen molar-refractivity contribution in [1.82, 2.24) is 0 Å². The minimum Gasteiger partial charge on any atom is -0.455 e. The van der Waals surface area contributed by atoms with E-state index in [-0.39, 0.29) is 0 Å². The molecule has 1 unspecified atom stereocenters. The van der Waals surface area contributed by atoms with Crippen LogP contribution in [-0.4, -0.2) is 35.7 Å². The summed E-state index contributed by atoms with van der Waals surface area (Å²) < 4.78 is 65.0. The molecule has 0 saturated heterocycles. The molecule has 0 spiro atoms. The first-order chi connectivity index (χ1) is 10.6. The molecule has 0 aromatic carbocycles. The van der Waals surface area contributed by atoms with Gasteiger partial charge >= 0.3 is 11.9 Å². The summed E-state index contributed by atoms with van der Waals surface area (Å²) in [6.45, 7) is 1.18. The van der Waals surface area contributed by atoms with Crippen LogP contribution in [0.5, 0.6) is 0 Å².